The standard InChI is InChI=1S/C12H20N2O/c1-4-11(5-2)14(3)12-8-6-7-10(9-15)13-12/h6-8,11,15H,4-5,9H2,1-3H3. The van der Waals surface area contributed by atoms with E-state index in [1.165, 1.54) is 0 Å². The smallest absolute Gasteiger partial charge is 0.128 e. The Hall–Kier alpha value is -1.09. The Morgan fingerprint density at radius 2 is 2.00 bits per heavy atom. The second-order valence-electron chi connectivity index (χ2n) is 3.73. The summed E-state index contributed by atoms with van der Waals surface area (Å²) in [7, 11) is 2.06. The number of hydrogen-bond donors (Lipinski definition) is 1. The number of nitrogens with zero attached hydrogens (tertiary/aromatic N) is 2. The van der Waals surface area contributed by atoms with Gasteiger partial charge < -0.3 is 10.0 Å². The highest BCUT2D eigenvalue weighted by Gasteiger charge is 2.12. The van der Waals surface area contributed by atoms with Gasteiger partial charge in [-0.05, 0) is 25.0 Å². The molecular formula is C12H20N2O. The predicted molar refractivity (Wildman–Crippen MR) is 62.9 cm³/mol. The Balaban J connectivity index is 2.84. The molecule has 1 aromatic rings. The first-order valence-electron chi connectivity index (χ1n) is 5.52. The molecule has 15 heavy (non-hydrogen) atoms. The molecule has 0 amide bonds. The maximum absolute atomic E-state index is 9.02. The molecule has 1 rings (SSSR count). The van der Waals surface area contributed by atoms with Crippen LogP contribution in [-0.2, 0) is 6.61 Å². The lowest BCUT2D eigenvalue weighted by molar-refractivity contribution is 0.277. The second-order valence-corrected chi connectivity index (χ2v) is 3.73. The van der Waals surface area contributed by atoms with Crippen LogP contribution in [0.2, 0.25) is 0 Å². The predicted octanol–water partition coefficient (Wildman–Crippen LogP) is 2.20. The van der Waals surface area contributed by atoms with Crippen LogP contribution >= 0.6 is 0 Å². The van der Waals surface area contributed by atoms with Gasteiger partial charge in [0.25, 0.3) is 0 Å². The summed E-state index contributed by atoms with van der Waals surface area (Å²) in [4.78, 5) is 6.56. The van der Waals surface area contributed by atoms with Crippen LogP contribution < -0.4 is 4.90 Å². The lowest BCUT2D eigenvalue weighted by Crippen LogP contribution is -2.31. The molecular weight excluding hydrogens is 188 g/mol. The number of hydrogen-bond acceptors (Lipinski definition) is 3. The number of aliphatic hydroxyl groups excluding tert-OH is 1. The van der Waals surface area contributed by atoms with Gasteiger partial charge in [-0.25, -0.2) is 4.98 Å². The topological polar surface area (TPSA) is 36.4 Å². The van der Waals surface area contributed by atoms with E-state index in [1.807, 2.05) is 18.2 Å². The molecule has 1 N–H and O–H groups in total. The van der Waals surface area contributed by atoms with Gasteiger partial charge in [0, 0.05) is 13.1 Å². The molecule has 0 saturated heterocycles. The van der Waals surface area contributed by atoms with Crippen LogP contribution in [0.1, 0.15) is 32.4 Å². The molecule has 0 aliphatic heterocycles. The highest BCUT2D eigenvalue weighted by atomic mass is 16.3. The molecule has 0 saturated carbocycles. The molecule has 0 aliphatic carbocycles. The average molecular weight is 208 g/mol. The lowest BCUT2D eigenvalue weighted by atomic mass is 10.1. The monoisotopic (exact) mass is 208 g/mol. The molecule has 84 valence electrons. The van der Waals surface area contributed by atoms with E-state index in [0.717, 1.165) is 24.4 Å². The third-order valence-electron chi connectivity index (χ3n) is 2.81. The molecule has 1 aromatic heterocycles. The van der Waals surface area contributed by atoms with Crippen molar-refractivity contribution in [3.05, 3.63) is 23.9 Å². The summed E-state index contributed by atoms with van der Waals surface area (Å²) in [6.45, 7) is 4.37. The van der Waals surface area contributed by atoms with Gasteiger partial charge in [-0.15, -0.1) is 0 Å². The van der Waals surface area contributed by atoms with Crippen LogP contribution in [0, 0.1) is 0 Å². The minimum atomic E-state index is 0.00456. The fourth-order valence-electron chi connectivity index (χ4n) is 1.77. The van der Waals surface area contributed by atoms with Crippen LogP contribution in [0.15, 0.2) is 18.2 Å². The third kappa shape index (κ3) is 2.93. The zero-order valence-corrected chi connectivity index (χ0v) is 9.77. The van der Waals surface area contributed by atoms with E-state index in [4.69, 9.17) is 5.11 Å². The number of anilines is 1. The molecule has 3 nitrogen and oxygen atoms in total. The minimum Gasteiger partial charge on any atom is -0.390 e. The molecule has 1 heterocycles. The van der Waals surface area contributed by atoms with Crippen LogP contribution in [0.4, 0.5) is 5.82 Å². The van der Waals surface area contributed by atoms with Gasteiger partial charge >= 0.3 is 0 Å². The number of aromatic nitrogens is 1. The first-order chi connectivity index (χ1) is 7.22. The highest BCUT2D eigenvalue weighted by molar-refractivity contribution is 5.39. The summed E-state index contributed by atoms with van der Waals surface area (Å²) in [5, 5.41) is 9.02. The van der Waals surface area contributed by atoms with Crippen molar-refractivity contribution < 1.29 is 5.11 Å². The van der Waals surface area contributed by atoms with Crippen LogP contribution in [0.5, 0.6) is 0 Å². The zero-order valence-electron chi connectivity index (χ0n) is 9.77. The van der Waals surface area contributed by atoms with Gasteiger partial charge in [0.2, 0.25) is 0 Å². The van der Waals surface area contributed by atoms with Crippen LogP contribution in [0.25, 0.3) is 0 Å². The maximum Gasteiger partial charge on any atom is 0.128 e. The van der Waals surface area contributed by atoms with Crippen molar-refractivity contribution in [1.82, 2.24) is 4.98 Å². The van der Waals surface area contributed by atoms with Crippen LogP contribution in [-0.4, -0.2) is 23.2 Å². The van der Waals surface area contributed by atoms with Crippen molar-refractivity contribution in [2.24, 2.45) is 0 Å². The van der Waals surface area contributed by atoms with Crippen molar-refractivity contribution in [3.8, 4) is 0 Å². The van der Waals surface area contributed by atoms with E-state index in [1.54, 1.807) is 0 Å². The normalized spacial score (nSPS) is 10.7. The lowest BCUT2D eigenvalue weighted by Gasteiger charge is -2.27. The quantitative estimate of drug-likeness (QED) is 0.806. The van der Waals surface area contributed by atoms with Gasteiger partial charge in [-0.1, -0.05) is 19.9 Å². The average Bonchev–Trinajstić information content (AvgIpc) is 2.30. The molecule has 0 fully saturated rings. The van der Waals surface area contributed by atoms with Gasteiger partial charge in [0.1, 0.15) is 5.82 Å². The van der Waals surface area contributed by atoms with Gasteiger partial charge in [-0.3, -0.25) is 0 Å². The van der Waals surface area contributed by atoms with Gasteiger partial charge in [-0.2, -0.15) is 0 Å². The summed E-state index contributed by atoms with van der Waals surface area (Å²) >= 11 is 0. The van der Waals surface area contributed by atoms with Crippen molar-refractivity contribution in [3.63, 3.8) is 0 Å². The van der Waals surface area contributed by atoms with Crippen molar-refractivity contribution >= 4 is 5.82 Å². The Morgan fingerprint density at radius 3 is 2.53 bits per heavy atom. The van der Waals surface area contributed by atoms with Gasteiger partial charge in [0.15, 0.2) is 0 Å². The summed E-state index contributed by atoms with van der Waals surface area (Å²) in [5.74, 6) is 0.940. The zero-order chi connectivity index (χ0) is 11.3. The summed E-state index contributed by atoms with van der Waals surface area (Å²) in [6.07, 6.45) is 2.22. The third-order valence-corrected chi connectivity index (χ3v) is 2.81. The first kappa shape index (κ1) is 12.0. The van der Waals surface area contributed by atoms with E-state index in [2.05, 4.69) is 30.8 Å². The molecule has 3 heteroatoms. The Bertz CT molecular complexity index is 297. The Labute approximate surface area is 91.8 Å². The second kappa shape index (κ2) is 5.71. The largest absolute Gasteiger partial charge is 0.390 e. The van der Waals surface area contributed by atoms with E-state index in [9.17, 15) is 0 Å². The SMILES string of the molecule is CCC(CC)N(C)c1cccc(CO)n1. The van der Waals surface area contributed by atoms with E-state index in [-0.39, 0.29) is 6.61 Å². The summed E-state index contributed by atoms with van der Waals surface area (Å²) in [5.41, 5.74) is 0.727. The molecule has 0 radical (unpaired) electrons. The van der Waals surface area contributed by atoms with Crippen molar-refractivity contribution in [2.45, 2.75) is 39.3 Å². The minimum absolute atomic E-state index is 0.00456. The highest BCUT2D eigenvalue weighted by Crippen LogP contribution is 2.16. The molecule has 0 aromatic carbocycles. The molecule has 0 unspecified atom stereocenters. The van der Waals surface area contributed by atoms with Crippen molar-refractivity contribution in [1.29, 1.82) is 0 Å². The molecule has 0 atom stereocenters. The molecule has 0 spiro atoms. The fourth-order valence-corrected chi connectivity index (χ4v) is 1.77. The van der Waals surface area contributed by atoms with E-state index < -0.39 is 0 Å². The van der Waals surface area contributed by atoms with Crippen LogP contribution in [0.3, 0.4) is 0 Å². The number of pyridine rings is 1. The molecule has 0 aliphatic rings. The van der Waals surface area contributed by atoms with Crippen molar-refractivity contribution in [2.75, 3.05) is 11.9 Å². The summed E-state index contributed by atoms with van der Waals surface area (Å²) in [6, 6.07) is 6.28. The summed E-state index contributed by atoms with van der Waals surface area (Å²) < 4.78 is 0. The maximum atomic E-state index is 9.02. The van der Waals surface area contributed by atoms with E-state index in [0.29, 0.717) is 6.04 Å². The fraction of sp³-hybridized carbons (Fsp3) is 0.583. The number of aliphatic hydroxyl groups is 1. The molecule has 0 bridgehead atoms. The van der Waals surface area contributed by atoms with E-state index >= 15 is 0 Å². The van der Waals surface area contributed by atoms with Gasteiger partial charge in [0.05, 0.1) is 12.3 Å². The Kier molecular flexibility index (Phi) is 4.56. The Morgan fingerprint density at radius 1 is 1.33 bits per heavy atom. The first-order valence-corrected chi connectivity index (χ1v) is 5.52. The number of rotatable bonds is 5.